The third-order valence-corrected chi connectivity index (χ3v) is 4.93. The van der Waals surface area contributed by atoms with E-state index >= 15 is 0 Å². The smallest absolute Gasteiger partial charge is 0.230 e. The molecule has 1 aromatic heterocycles. The Bertz CT molecular complexity index is 916. The Labute approximate surface area is 151 Å². The van der Waals surface area contributed by atoms with Gasteiger partial charge < -0.3 is 5.32 Å². The van der Waals surface area contributed by atoms with Crippen LogP contribution in [0.5, 0.6) is 0 Å². The maximum Gasteiger partial charge on any atom is 0.230 e. The molecule has 0 aliphatic heterocycles. The molecule has 2 aromatic carbocycles. The van der Waals surface area contributed by atoms with Gasteiger partial charge in [-0.2, -0.15) is 5.10 Å². The molecule has 0 bridgehead atoms. The highest BCUT2D eigenvalue weighted by molar-refractivity contribution is 5.91. The van der Waals surface area contributed by atoms with Gasteiger partial charge in [-0.3, -0.25) is 4.79 Å². The van der Waals surface area contributed by atoms with Crippen LogP contribution in [0.3, 0.4) is 0 Å². The van der Waals surface area contributed by atoms with Crippen molar-refractivity contribution in [1.29, 1.82) is 0 Å². The second kappa shape index (κ2) is 6.75. The first-order valence-electron chi connectivity index (χ1n) is 8.81. The molecule has 1 aliphatic rings. The Balaban J connectivity index is 1.36. The van der Waals surface area contributed by atoms with E-state index in [9.17, 15) is 9.18 Å². The molecule has 4 rings (SSSR count). The summed E-state index contributed by atoms with van der Waals surface area (Å²) in [5, 5.41) is 7.32. The Hall–Kier alpha value is -2.95. The van der Waals surface area contributed by atoms with Crippen molar-refractivity contribution in [3.05, 3.63) is 83.9 Å². The maximum atomic E-state index is 14.0. The highest BCUT2D eigenvalue weighted by Gasteiger charge is 2.52. The number of carbonyl (C=O) groups is 1. The number of nitrogens with one attached hydrogen (secondary N) is 1. The van der Waals surface area contributed by atoms with Crippen LogP contribution < -0.4 is 5.32 Å². The number of benzene rings is 2. The molecule has 1 amide bonds. The van der Waals surface area contributed by atoms with E-state index in [2.05, 4.69) is 10.4 Å². The van der Waals surface area contributed by atoms with Crippen LogP contribution in [0.25, 0.3) is 5.69 Å². The Morgan fingerprint density at radius 2 is 1.85 bits per heavy atom. The standard InChI is InChI=1S/C21H20FN3O/c22-19-9-5-4-8-18(19)21(11-12-21)20(26)23-13-10-16-14-24-25(15-16)17-6-2-1-3-7-17/h1-9,14-15H,10-13H2,(H,23,26). The van der Waals surface area contributed by atoms with Crippen LogP contribution in [0.15, 0.2) is 67.0 Å². The Kier molecular flexibility index (Phi) is 4.29. The fraction of sp³-hybridized carbons (Fsp3) is 0.238. The lowest BCUT2D eigenvalue weighted by Gasteiger charge is -2.16. The number of nitrogens with zero attached hydrogens (tertiary/aromatic N) is 2. The Morgan fingerprint density at radius 1 is 1.12 bits per heavy atom. The lowest BCUT2D eigenvalue weighted by atomic mass is 9.94. The average Bonchev–Trinajstić information content (AvgIpc) is 3.34. The molecule has 3 aromatic rings. The molecule has 0 saturated heterocycles. The van der Waals surface area contributed by atoms with E-state index in [-0.39, 0.29) is 11.7 Å². The fourth-order valence-electron chi connectivity index (χ4n) is 3.29. The average molecular weight is 349 g/mol. The van der Waals surface area contributed by atoms with E-state index in [0.29, 0.717) is 31.4 Å². The first-order chi connectivity index (χ1) is 12.7. The number of amides is 1. The topological polar surface area (TPSA) is 46.9 Å². The lowest BCUT2D eigenvalue weighted by Crippen LogP contribution is -2.36. The van der Waals surface area contributed by atoms with Crippen molar-refractivity contribution in [1.82, 2.24) is 15.1 Å². The zero-order valence-electron chi connectivity index (χ0n) is 14.4. The molecule has 1 heterocycles. The van der Waals surface area contributed by atoms with Crippen LogP contribution in [0.1, 0.15) is 24.0 Å². The van der Waals surface area contributed by atoms with Crippen LogP contribution in [-0.2, 0) is 16.6 Å². The van der Waals surface area contributed by atoms with Crippen LogP contribution in [-0.4, -0.2) is 22.2 Å². The van der Waals surface area contributed by atoms with Gasteiger partial charge in [0.2, 0.25) is 5.91 Å². The minimum absolute atomic E-state index is 0.0851. The number of rotatable bonds is 6. The molecule has 0 spiro atoms. The van der Waals surface area contributed by atoms with E-state index in [1.807, 2.05) is 47.4 Å². The molecule has 132 valence electrons. The summed E-state index contributed by atoms with van der Waals surface area (Å²) in [5.74, 6) is -0.387. The predicted octanol–water partition coefficient (Wildman–Crippen LogP) is 3.40. The summed E-state index contributed by atoms with van der Waals surface area (Å²) in [7, 11) is 0. The van der Waals surface area contributed by atoms with E-state index in [0.717, 1.165) is 11.3 Å². The molecule has 26 heavy (non-hydrogen) atoms. The van der Waals surface area contributed by atoms with Crippen LogP contribution >= 0.6 is 0 Å². The second-order valence-corrected chi connectivity index (χ2v) is 6.70. The Morgan fingerprint density at radius 3 is 2.58 bits per heavy atom. The summed E-state index contributed by atoms with van der Waals surface area (Å²) in [6.07, 6.45) is 5.86. The first-order valence-corrected chi connectivity index (χ1v) is 8.81. The van der Waals surface area contributed by atoms with Gasteiger partial charge in [-0.25, -0.2) is 9.07 Å². The molecule has 1 saturated carbocycles. The van der Waals surface area contributed by atoms with Crippen molar-refractivity contribution >= 4 is 5.91 Å². The molecular weight excluding hydrogens is 329 g/mol. The molecule has 1 N–H and O–H groups in total. The lowest BCUT2D eigenvalue weighted by molar-refractivity contribution is -0.123. The van der Waals surface area contributed by atoms with E-state index in [1.54, 1.807) is 18.2 Å². The number of carbonyl (C=O) groups excluding carboxylic acids is 1. The van der Waals surface area contributed by atoms with Gasteiger partial charge >= 0.3 is 0 Å². The van der Waals surface area contributed by atoms with Crippen molar-refractivity contribution < 1.29 is 9.18 Å². The van der Waals surface area contributed by atoms with Crippen LogP contribution in [0.4, 0.5) is 4.39 Å². The summed E-state index contributed by atoms with van der Waals surface area (Å²) in [6.45, 7) is 0.509. The largest absolute Gasteiger partial charge is 0.355 e. The number of hydrogen-bond donors (Lipinski definition) is 1. The summed E-state index contributed by atoms with van der Waals surface area (Å²) in [6, 6.07) is 16.4. The van der Waals surface area contributed by atoms with Gasteiger partial charge in [0.1, 0.15) is 5.82 Å². The van der Waals surface area contributed by atoms with Gasteiger partial charge in [0, 0.05) is 18.3 Å². The second-order valence-electron chi connectivity index (χ2n) is 6.70. The SMILES string of the molecule is O=C(NCCc1cnn(-c2ccccc2)c1)C1(c2ccccc2F)CC1. The van der Waals surface area contributed by atoms with Gasteiger partial charge in [0.15, 0.2) is 0 Å². The minimum Gasteiger partial charge on any atom is -0.355 e. The van der Waals surface area contributed by atoms with Crippen molar-refractivity contribution in [2.24, 2.45) is 0 Å². The highest BCUT2D eigenvalue weighted by atomic mass is 19.1. The molecule has 4 nitrogen and oxygen atoms in total. The third kappa shape index (κ3) is 3.12. The van der Waals surface area contributed by atoms with Crippen molar-refractivity contribution in [2.45, 2.75) is 24.7 Å². The molecular formula is C21H20FN3O. The first kappa shape index (κ1) is 16.5. The number of aromatic nitrogens is 2. The molecule has 5 heteroatoms. The number of para-hydroxylation sites is 1. The summed E-state index contributed by atoms with van der Waals surface area (Å²) < 4.78 is 15.9. The van der Waals surface area contributed by atoms with Gasteiger partial charge in [-0.1, -0.05) is 36.4 Å². The zero-order chi connectivity index (χ0) is 18.0. The highest BCUT2D eigenvalue weighted by Crippen LogP contribution is 2.49. The van der Waals surface area contributed by atoms with Crippen LogP contribution in [0, 0.1) is 5.82 Å². The summed E-state index contributed by atoms with van der Waals surface area (Å²) >= 11 is 0. The van der Waals surface area contributed by atoms with Gasteiger partial charge in [0.25, 0.3) is 0 Å². The molecule has 1 aliphatic carbocycles. The summed E-state index contributed by atoms with van der Waals surface area (Å²) in [4.78, 5) is 12.6. The fourth-order valence-corrected chi connectivity index (χ4v) is 3.29. The van der Waals surface area contributed by atoms with Crippen molar-refractivity contribution in [2.75, 3.05) is 6.54 Å². The molecule has 0 radical (unpaired) electrons. The van der Waals surface area contributed by atoms with Gasteiger partial charge in [-0.05, 0) is 43.0 Å². The van der Waals surface area contributed by atoms with E-state index in [1.165, 1.54) is 6.07 Å². The van der Waals surface area contributed by atoms with Gasteiger partial charge in [0.05, 0.1) is 17.3 Å². The summed E-state index contributed by atoms with van der Waals surface area (Å²) in [5.41, 5.74) is 1.87. The number of hydrogen-bond acceptors (Lipinski definition) is 2. The van der Waals surface area contributed by atoms with E-state index < -0.39 is 5.41 Å². The molecule has 1 fully saturated rings. The molecule has 0 atom stereocenters. The predicted molar refractivity (Wildman–Crippen MR) is 97.6 cm³/mol. The van der Waals surface area contributed by atoms with E-state index in [4.69, 9.17) is 0 Å². The quantitative estimate of drug-likeness (QED) is 0.741. The monoisotopic (exact) mass is 349 g/mol. The maximum absolute atomic E-state index is 14.0. The zero-order valence-corrected chi connectivity index (χ0v) is 14.4. The normalized spacial score (nSPS) is 14.8. The van der Waals surface area contributed by atoms with Crippen molar-refractivity contribution in [3.63, 3.8) is 0 Å². The minimum atomic E-state index is -0.681. The third-order valence-electron chi connectivity index (χ3n) is 4.93. The van der Waals surface area contributed by atoms with Crippen LogP contribution in [0.2, 0.25) is 0 Å². The number of halogens is 1. The van der Waals surface area contributed by atoms with Gasteiger partial charge in [-0.15, -0.1) is 0 Å². The molecule has 0 unspecified atom stereocenters. The van der Waals surface area contributed by atoms with Crippen molar-refractivity contribution in [3.8, 4) is 5.69 Å².